The molecule has 127 heavy (non-hydrogen) atoms. The van der Waals surface area contributed by atoms with Gasteiger partial charge in [-0.05, 0) is 213 Å². The number of carbonyl (C=O) groups excluding carboxylic acids is 7. The molecule has 0 radical (unpaired) electrons. The molecule has 0 spiro atoms. The van der Waals surface area contributed by atoms with Crippen LogP contribution in [0.1, 0.15) is 193 Å². The third-order valence-electron chi connectivity index (χ3n) is 30.1. The summed E-state index contributed by atoms with van der Waals surface area (Å²) in [6, 6.07) is 0. The predicted octanol–water partition coefficient (Wildman–Crippen LogP) is 18.0. The molecule has 29 atom stereocenters. The van der Waals surface area contributed by atoms with E-state index in [1.54, 1.807) is 13.8 Å². The molecule has 0 aromatic rings. The van der Waals surface area contributed by atoms with E-state index in [1.807, 2.05) is 41.5 Å². The number of aliphatic hydroxyl groups is 3. The van der Waals surface area contributed by atoms with Crippen molar-refractivity contribution in [2.75, 3.05) is 13.2 Å². The third-order valence-corrected chi connectivity index (χ3v) is 30.1. The lowest BCUT2D eigenvalue weighted by Gasteiger charge is -2.39. The number of esters is 7. The normalized spacial score (nSPS) is 36.0. The zero-order valence-corrected chi connectivity index (χ0v) is 71.0. The number of hydrogen-bond donors (Lipinski definition) is 3. The number of halogens is 27. The quantitative estimate of drug-likeness (QED) is 0.0693. The van der Waals surface area contributed by atoms with E-state index in [1.165, 1.54) is 20.8 Å². The highest BCUT2D eigenvalue weighted by molar-refractivity contribution is 5.85. The maximum atomic E-state index is 13.2. The molecule has 29 unspecified atom stereocenters. The third kappa shape index (κ3) is 20.5. The standard InChI is InChI=1S/C15H19F3O7.C14H17F3O4.3C13H18F6O.C12H15F3O6/c1-5-14(4,15(16,17)18)12(20)23-8-6-7(21-10(8)19)9-11(22-6)25-13(2,3)24-9;1-3-13(2,14(15,16)17)12(19)21-9-6-4-7-8(5-6)11(18)20-10(7)9;3*1-6-7(2)10-4-8(6)3-9(10)5-11(20,12(14,15)16)13(17,18)19;1-3-11(2,12(13,14)15)10(18)20-6-8(16)21-7-4-5-19-9(7)17/h6-9,11H,5H2,1-4H3;6-10H,3-5H2,1-2H3;3*6-10,20H,3-5H2,1-2H3;7H,3-6H2,1-2H3. The van der Waals surface area contributed by atoms with Crippen molar-refractivity contribution in [3.8, 4) is 0 Å². The molecule has 8 saturated carbocycles. The summed E-state index contributed by atoms with van der Waals surface area (Å²) in [7, 11) is 0. The summed E-state index contributed by atoms with van der Waals surface area (Å²) >= 11 is 0. The molecule has 0 aromatic carbocycles. The van der Waals surface area contributed by atoms with Gasteiger partial charge in [0.05, 0.1) is 12.5 Å². The summed E-state index contributed by atoms with van der Waals surface area (Å²) in [6.07, 6.45) is -56.7. The van der Waals surface area contributed by atoms with Gasteiger partial charge in [0, 0.05) is 18.3 Å². The zero-order chi connectivity index (χ0) is 97.1. The summed E-state index contributed by atoms with van der Waals surface area (Å²) in [5.41, 5.74) is -21.7. The van der Waals surface area contributed by atoms with Crippen LogP contribution in [-0.2, 0) is 80.9 Å². The van der Waals surface area contributed by atoms with Gasteiger partial charge >= 0.3 is 97.4 Å². The maximum absolute atomic E-state index is 13.2. The van der Waals surface area contributed by atoms with Crippen molar-refractivity contribution in [3.63, 3.8) is 0 Å². The lowest BCUT2D eigenvalue weighted by molar-refractivity contribution is -0.374. The van der Waals surface area contributed by atoms with Crippen LogP contribution < -0.4 is 0 Å². The van der Waals surface area contributed by atoms with Gasteiger partial charge in [-0.25, -0.2) is 14.4 Å². The Bertz CT molecular complexity index is 3680. The SMILES string of the molecule is CC1C2CC(CC(O)(C(F)(F)F)C(F)(F)F)C(C2)C1C.CC1C2CC(CC(O)(C(F)(F)F)C(F)(F)F)C(C2)C1C.CC1C2CC(CC(O)(C(F)(F)F)C(F)(F)F)C(C2)C1C.CCC(C)(C(=O)OC1C(=O)OC2C3OC(C)(C)OC3OC12)C(F)(F)F.CCC(C)(C(=O)OC1C2CC3C(=O)OC1C3C2)C(F)(F)F.CCC(C)(C(=O)OCC(=O)OC1CCOC1=O)C(F)(F)F. The highest BCUT2D eigenvalue weighted by Gasteiger charge is 2.76. The van der Waals surface area contributed by atoms with E-state index in [9.17, 15) is 167 Å². The number of rotatable bonds is 17. The molecule has 5 heterocycles. The fraction of sp³-hybridized carbons (Fsp3) is 0.912. The van der Waals surface area contributed by atoms with E-state index in [0.29, 0.717) is 76.0 Å². The molecule has 8 aliphatic carbocycles. The van der Waals surface area contributed by atoms with Crippen molar-refractivity contribution in [2.45, 2.75) is 320 Å². The van der Waals surface area contributed by atoms with Crippen molar-refractivity contribution in [3.05, 3.63) is 0 Å². The molecule has 3 N–H and O–H groups in total. The van der Waals surface area contributed by atoms with E-state index in [4.69, 9.17) is 33.2 Å². The first-order valence-corrected chi connectivity index (χ1v) is 41.5. The summed E-state index contributed by atoms with van der Waals surface area (Å²) in [5, 5.41) is 27.8. The van der Waals surface area contributed by atoms with E-state index >= 15 is 0 Å². The van der Waals surface area contributed by atoms with Gasteiger partial charge < -0.3 is 62.7 Å². The first-order chi connectivity index (χ1) is 57.3. The number of alkyl halides is 27. The highest BCUT2D eigenvalue weighted by atomic mass is 19.5. The molecule has 13 fully saturated rings. The molecule has 0 aromatic heterocycles. The van der Waals surface area contributed by atoms with Crippen LogP contribution in [0.25, 0.3) is 0 Å². The molecular weight excluding hydrogens is 1790 g/mol. The van der Waals surface area contributed by atoms with Crippen molar-refractivity contribution in [2.24, 2.45) is 123 Å². The fourth-order valence-electron chi connectivity index (χ4n) is 20.6. The summed E-state index contributed by atoms with van der Waals surface area (Å²) in [5.74, 6) is -9.31. The van der Waals surface area contributed by atoms with E-state index in [0.717, 1.165) is 13.8 Å². The van der Waals surface area contributed by atoms with Crippen LogP contribution in [0, 0.1) is 123 Å². The number of ether oxygens (including phenoxy) is 10. The van der Waals surface area contributed by atoms with Gasteiger partial charge in [-0.3, -0.25) is 19.2 Å². The van der Waals surface area contributed by atoms with Gasteiger partial charge in [0.25, 0.3) is 16.8 Å². The molecule has 47 heteroatoms. The van der Waals surface area contributed by atoms with Crippen molar-refractivity contribution < 1.29 is 215 Å². The molecule has 0 amide bonds. The summed E-state index contributed by atoms with van der Waals surface area (Å²) in [4.78, 5) is 81.6. The van der Waals surface area contributed by atoms with Crippen molar-refractivity contribution in [1.82, 2.24) is 0 Å². The van der Waals surface area contributed by atoms with Crippen LogP contribution in [0.4, 0.5) is 119 Å². The largest absolute Gasteiger partial charge is 0.463 e. The lowest BCUT2D eigenvalue weighted by atomic mass is 9.72. The number of hydrogen-bond acceptors (Lipinski definition) is 20. The van der Waals surface area contributed by atoms with Gasteiger partial charge in [-0.15, -0.1) is 0 Å². The minimum atomic E-state index is -5.69. The van der Waals surface area contributed by atoms with E-state index < -0.39 is 236 Å². The zero-order valence-electron chi connectivity index (χ0n) is 71.0. The fourth-order valence-corrected chi connectivity index (χ4v) is 20.6. The molecule has 5 saturated heterocycles. The van der Waals surface area contributed by atoms with Gasteiger partial charge in [0.1, 0.15) is 18.3 Å². The Balaban J connectivity index is 0.000000189. The number of fused-ring (bicyclic) bond motifs is 10. The lowest BCUT2D eigenvalue weighted by Crippen LogP contribution is -2.58. The highest BCUT2D eigenvalue weighted by Crippen LogP contribution is 2.64. The Kier molecular flexibility index (Phi) is 30.6. The molecule has 8 bridgehead atoms. The second kappa shape index (κ2) is 36.5. The molecule has 13 rings (SSSR count). The van der Waals surface area contributed by atoms with E-state index in [-0.39, 0.29) is 96.4 Å². The van der Waals surface area contributed by atoms with Crippen molar-refractivity contribution in [1.29, 1.82) is 0 Å². The molecular formula is C80H105F27O20. The minimum Gasteiger partial charge on any atom is -0.463 e. The minimum absolute atomic E-state index is 0.000862. The average Bonchev–Trinajstić information content (AvgIpc) is 1.46. The molecule has 13 aliphatic rings. The van der Waals surface area contributed by atoms with Crippen molar-refractivity contribution >= 4 is 41.8 Å². The monoisotopic (exact) mass is 1900 g/mol. The van der Waals surface area contributed by atoms with Gasteiger partial charge in [0.15, 0.2) is 47.1 Å². The average molecular weight is 1900 g/mol. The summed E-state index contributed by atoms with van der Waals surface area (Å²) in [6.45, 7) is 20.0. The smallest absolute Gasteiger partial charge is 0.426 e. The molecule has 20 nitrogen and oxygen atoms in total. The topological polar surface area (TPSA) is 272 Å². The van der Waals surface area contributed by atoms with E-state index in [2.05, 4.69) is 14.2 Å². The Hall–Kier alpha value is -5.84. The first kappa shape index (κ1) is 107. The van der Waals surface area contributed by atoms with Crippen LogP contribution in [0.5, 0.6) is 0 Å². The second-order valence-corrected chi connectivity index (χ2v) is 37.4. The maximum Gasteiger partial charge on any atom is 0.426 e. The van der Waals surface area contributed by atoms with Crippen LogP contribution in [0.3, 0.4) is 0 Å². The summed E-state index contributed by atoms with van der Waals surface area (Å²) < 4.78 is 396. The number of carbonyl (C=O) groups is 7. The second-order valence-electron chi connectivity index (χ2n) is 37.4. The predicted molar refractivity (Wildman–Crippen MR) is 377 cm³/mol. The molecule has 734 valence electrons. The van der Waals surface area contributed by atoms with Crippen LogP contribution in [-0.4, -0.2) is 198 Å². The van der Waals surface area contributed by atoms with Crippen LogP contribution >= 0.6 is 0 Å². The van der Waals surface area contributed by atoms with Gasteiger partial charge in [-0.1, -0.05) is 62.3 Å². The Morgan fingerprint density at radius 1 is 0.394 bits per heavy atom. The van der Waals surface area contributed by atoms with Gasteiger partial charge in [0.2, 0.25) is 12.2 Å². The number of cyclic esters (lactones) is 1. The Morgan fingerprint density at radius 2 is 0.740 bits per heavy atom. The van der Waals surface area contributed by atoms with Gasteiger partial charge in [-0.2, -0.15) is 119 Å². The van der Waals surface area contributed by atoms with Crippen LogP contribution in [0.2, 0.25) is 0 Å². The first-order valence-electron chi connectivity index (χ1n) is 41.5. The molecule has 5 aliphatic heterocycles. The van der Waals surface area contributed by atoms with Crippen LogP contribution in [0.15, 0.2) is 0 Å². The Morgan fingerprint density at radius 3 is 1.06 bits per heavy atom. The Labute approximate surface area is 711 Å².